The number of aliphatic hydroxyl groups excluding tert-OH is 1. The number of rotatable bonds is 3. The molecule has 4 nitrogen and oxygen atoms in total. The van der Waals surface area contributed by atoms with Gasteiger partial charge in [0.2, 0.25) is 0 Å². The Labute approximate surface area is 106 Å². The molecule has 0 unspecified atom stereocenters. The van der Waals surface area contributed by atoms with E-state index in [1.54, 1.807) is 6.07 Å². The molecule has 1 N–H and O–H groups in total. The Morgan fingerprint density at radius 3 is 2.63 bits per heavy atom. The number of alkyl halides is 3. The lowest BCUT2D eigenvalue weighted by Gasteiger charge is -2.13. The van der Waals surface area contributed by atoms with Gasteiger partial charge in [-0.05, 0) is 12.1 Å². The largest absolute Gasteiger partial charge is 0.573 e. The van der Waals surface area contributed by atoms with Gasteiger partial charge in [0.25, 0.3) is 0 Å². The SMILES string of the molecule is OCc1cncnc1-c1ccccc1OC(F)(F)F. The molecule has 2 aromatic rings. The van der Waals surface area contributed by atoms with Gasteiger partial charge in [0.05, 0.1) is 12.3 Å². The summed E-state index contributed by atoms with van der Waals surface area (Å²) in [5.41, 5.74) is 0.671. The fraction of sp³-hybridized carbons (Fsp3) is 0.167. The van der Waals surface area contributed by atoms with Crippen LogP contribution >= 0.6 is 0 Å². The topological polar surface area (TPSA) is 55.2 Å². The highest BCUT2D eigenvalue weighted by Gasteiger charge is 2.32. The molecule has 0 atom stereocenters. The van der Waals surface area contributed by atoms with Gasteiger partial charge in [-0.2, -0.15) is 0 Å². The third kappa shape index (κ3) is 3.19. The summed E-state index contributed by atoms with van der Waals surface area (Å²) in [5, 5.41) is 9.16. The van der Waals surface area contributed by atoms with Gasteiger partial charge in [-0.3, -0.25) is 0 Å². The van der Waals surface area contributed by atoms with E-state index in [4.69, 9.17) is 5.11 Å². The Kier molecular flexibility index (Phi) is 3.66. The van der Waals surface area contributed by atoms with Crippen molar-refractivity contribution < 1.29 is 23.0 Å². The summed E-state index contributed by atoms with van der Waals surface area (Å²) in [5.74, 6) is -0.372. The number of aromatic nitrogens is 2. The molecule has 0 spiro atoms. The summed E-state index contributed by atoms with van der Waals surface area (Å²) < 4.78 is 40.9. The Bertz CT molecular complexity index is 573. The zero-order valence-corrected chi connectivity index (χ0v) is 9.55. The van der Waals surface area contributed by atoms with Crippen molar-refractivity contribution in [1.82, 2.24) is 9.97 Å². The third-order valence-corrected chi connectivity index (χ3v) is 2.33. The van der Waals surface area contributed by atoms with Gasteiger partial charge in [-0.1, -0.05) is 12.1 Å². The summed E-state index contributed by atoms with van der Waals surface area (Å²) in [7, 11) is 0. The third-order valence-electron chi connectivity index (χ3n) is 2.33. The fourth-order valence-electron chi connectivity index (χ4n) is 1.59. The predicted molar refractivity (Wildman–Crippen MR) is 60.1 cm³/mol. The monoisotopic (exact) mass is 270 g/mol. The van der Waals surface area contributed by atoms with Crippen LogP contribution in [0.5, 0.6) is 5.75 Å². The smallest absolute Gasteiger partial charge is 0.405 e. The van der Waals surface area contributed by atoms with Crippen LogP contribution in [0.15, 0.2) is 36.8 Å². The summed E-state index contributed by atoms with van der Waals surface area (Å²) in [4.78, 5) is 7.60. The molecule has 0 aliphatic heterocycles. The average Bonchev–Trinajstić information content (AvgIpc) is 2.37. The predicted octanol–water partition coefficient (Wildman–Crippen LogP) is 2.53. The molecule has 1 aromatic heterocycles. The van der Waals surface area contributed by atoms with E-state index in [2.05, 4.69) is 14.7 Å². The second-order valence-electron chi connectivity index (χ2n) is 3.60. The van der Waals surface area contributed by atoms with Gasteiger partial charge >= 0.3 is 6.36 Å². The Hall–Kier alpha value is -2.15. The minimum Gasteiger partial charge on any atom is -0.405 e. The maximum absolute atomic E-state index is 12.3. The Balaban J connectivity index is 2.50. The van der Waals surface area contributed by atoms with Gasteiger partial charge in [-0.15, -0.1) is 13.2 Å². The molecule has 0 saturated carbocycles. The summed E-state index contributed by atoms with van der Waals surface area (Å²) >= 11 is 0. The molecular formula is C12H9F3N2O2. The van der Waals surface area contributed by atoms with E-state index in [9.17, 15) is 13.2 Å². The minimum atomic E-state index is -4.79. The lowest BCUT2D eigenvalue weighted by molar-refractivity contribution is -0.274. The molecular weight excluding hydrogens is 261 g/mol. The van der Waals surface area contributed by atoms with Crippen LogP contribution in [0.2, 0.25) is 0 Å². The van der Waals surface area contributed by atoms with Gasteiger partial charge in [-0.25, -0.2) is 9.97 Å². The Morgan fingerprint density at radius 2 is 1.95 bits per heavy atom. The lowest BCUT2D eigenvalue weighted by atomic mass is 10.1. The van der Waals surface area contributed by atoms with Gasteiger partial charge in [0.15, 0.2) is 0 Å². The maximum Gasteiger partial charge on any atom is 0.573 e. The van der Waals surface area contributed by atoms with Gasteiger partial charge in [0.1, 0.15) is 12.1 Å². The second kappa shape index (κ2) is 5.23. The van der Waals surface area contributed by atoms with Crippen LogP contribution in [-0.2, 0) is 6.61 Å². The van der Waals surface area contributed by atoms with Crippen molar-refractivity contribution >= 4 is 0 Å². The van der Waals surface area contributed by atoms with Crippen molar-refractivity contribution in [3.8, 4) is 17.0 Å². The molecule has 2 rings (SSSR count). The quantitative estimate of drug-likeness (QED) is 0.931. The second-order valence-corrected chi connectivity index (χ2v) is 3.60. The van der Waals surface area contributed by atoms with Crippen molar-refractivity contribution in [2.45, 2.75) is 13.0 Å². The molecule has 19 heavy (non-hydrogen) atoms. The molecule has 1 aromatic carbocycles. The van der Waals surface area contributed by atoms with Crippen molar-refractivity contribution in [3.05, 3.63) is 42.4 Å². The maximum atomic E-state index is 12.3. The van der Waals surface area contributed by atoms with Crippen LogP contribution in [-0.4, -0.2) is 21.4 Å². The van der Waals surface area contributed by atoms with E-state index in [1.165, 1.54) is 30.7 Å². The summed E-state index contributed by atoms with van der Waals surface area (Å²) in [6.07, 6.45) is -2.26. The number of nitrogens with zero attached hydrogens (tertiary/aromatic N) is 2. The molecule has 0 bridgehead atoms. The van der Waals surface area contributed by atoms with Crippen LogP contribution in [0.3, 0.4) is 0 Å². The van der Waals surface area contributed by atoms with E-state index in [1.807, 2.05) is 0 Å². The van der Waals surface area contributed by atoms with Crippen LogP contribution < -0.4 is 4.74 Å². The van der Waals surface area contributed by atoms with E-state index in [0.29, 0.717) is 5.56 Å². The Morgan fingerprint density at radius 1 is 1.21 bits per heavy atom. The molecule has 1 heterocycles. The first kappa shape index (κ1) is 13.3. The molecule has 0 amide bonds. The molecule has 0 aliphatic rings. The van der Waals surface area contributed by atoms with Crippen LogP contribution in [0, 0.1) is 0 Å². The molecule has 0 radical (unpaired) electrons. The number of benzene rings is 1. The number of hydrogen-bond acceptors (Lipinski definition) is 4. The van der Waals surface area contributed by atoms with Crippen molar-refractivity contribution in [3.63, 3.8) is 0 Å². The number of hydrogen-bond donors (Lipinski definition) is 1. The number of aliphatic hydroxyl groups is 1. The van der Waals surface area contributed by atoms with Crippen molar-refractivity contribution in [2.75, 3.05) is 0 Å². The molecule has 0 aliphatic carbocycles. The van der Waals surface area contributed by atoms with E-state index >= 15 is 0 Å². The normalized spacial score (nSPS) is 11.4. The van der Waals surface area contributed by atoms with Gasteiger partial charge in [0, 0.05) is 17.3 Å². The van der Waals surface area contributed by atoms with Crippen molar-refractivity contribution in [1.29, 1.82) is 0 Å². The number of para-hydroxylation sites is 1. The van der Waals surface area contributed by atoms with Gasteiger partial charge < -0.3 is 9.84 Å². The standard InChI is InChI=1S/C12H9F3N2O2/c13-12(14,15)19-10-4-2-1-3-9(10)11-8(6-18)5-16-7-17-11/h1-5,7,18H,6H2. The minimum absolute atomic E-state index is 0.145. The lowest BCUT2D eigenvalue weighted by Crippen LogP contribution is -2.17. The molecule has 0 fully saturated rings. The first-order valence-electron chi connectivity index (χ1n) is 5.26. The molecule has 100 valence electrons. The van der Waals surface area contributed by atoms with E-state index in [0.717, 1.165) is 0 Å². The highest BCUT2D eigenvalue weighted by atomic mass is 19.4. The summed E-state index contributed by atoms with van der Waals surface area (Å²) in [6, 6.07) is 5.60. The highest BCUT2D eigenvalue weighted by molar-refractivity contribution is 5.69. The number of ether oxygens (including phenoxy) is 1. The first-order valence-corrected chi connectivity index (χ1v) is 5.26. The highest BCUT2D eigenvalue weighted by Crippen LogP contribution is 2.33. The molecule has 7 heteroatoms. The number of halogens is 3. The van der Waals surface area contributed by atoms with E-state index < -0.39 is 6.36 Å². The zero-order chi connectivity index (χ0) is 13.9. The van der Waals surface area contributed by atoms with Crippen LogP contribution in [0.25, 0.3) is 11.3 Å². The van der Waals surface area contributed by atoms with Crippen LogP contribution in [0.4, 0.5) is 13.2 Å². The first-order chi connectivity index (χ1) is 9.01. The zero-order valence-electron chi connectivity index (χ0n) is 9.55. The van der Waals surface area contributed by atoms with Crippen molar-refractivity contribution in [2.24, 2.45) is 0 Å². The van der Waals surface area contributed by atoms with E-state index in [-0.39, 0.29) is 23.6 Å². The summed E-state index contributed by atoms with van der Waals surface area (Å²) in [6.45, 7) is -0.378. The fourth-order valence-corrected chi connectivity index (χ4v) is 1.59. The average molecular weight is 270 g/mol. The van der Waals surface area contributed by atoms with Crippen LogP contribution in [0.1, 0.15) is 5.56 Å². The molecule has 0 saturated heterocycles.